The zero-order valence-corrected chi connectivity index (χ0v) is 14.7. The van der Waals surface area contributed by atoms with Crippen LogP contribution in [0.15, 0.2) is 31.8 Å². The Labute approximate surface area is 136 Å². The summed E-state index contributed by atoms with van der Waals surface area (Å²) in [5.41, 5.74) is 1.91. The summed E-state index contributed by atoms with van der Waals surface area (Å²) >= 11 is 21.0. The summed E-state index contributed by atoms with van der Waals surface area (Å²) in [6, 6.07) is 7.46. The van der Waals surface area contributed by atoms with Crippen LogP contribution in [0.5, 0.6) is 5.75 Å². The van der Waals surface area contributed by atoms with E-state index < -0.39 is 0 Å². The van der Waals surface area contributed by atoms with E-state index in [1.807, 2.05) is 18.2 Å². The van der Waals surface area contributed by atoms with Gasteiger partial charge >= 0.3 is 0 Å². The number of hydrogen-bond acceptors (Lipinski definition) is 2. The quantitative estimate of drug-likeness (QED) is 0.522. The van der Waals surface area contributed by atoms with Gasteiger partial charge in [-0.2, -0.15) is 0 Å². The van der Waals surface area contributed by atoms with Crippen LogP contribution in [0.2, 0.25) is 5.02 Å². The molecule has 0 spiro atoms. The lowest BCUT2D eigenvalue weighted by atomic mass is 10.1. The molecule has 96 valence electrons. The molecule has 1 heterocycles. The van der Waals surface area contributed by atoms with Gasteiger partial charge in [0.05, 0.1) is 20.1 Å². The molecule has 2 aromatic rings. The first-order chi connectivity index (χ1) is 8.52. The molecule has 1 unspecified atom stereocenters. The molecule has 2 rings (SSSR count). The van der Waals surface area contributed by atoms with Gasteiger partial charge in [-0.3, -0.25) is 0 Å². The summed E-state index contributed by atoms with van der Waals surface area (Å²) in [4.78, 5) is 0. The topological polar surface area (TPSA) is 9.23 Å². The highest BCUT2D eigenvalue weighted by Crippen LogP contribution is 2.43. The molecule has 0 fully saturated rings. The van der Waals surface area contributed by atoms with Crippen LogP contribution < -0.4 is 4.74 Å². The maximum Gasteiger partial charge on any atom is 0.125 e. The number of halogens is 4. The van der Waals surface area contributed by atoms with Crippen molar-refractivity contribution in [3.63, 3.8) is 0 Å². The zero-order valence-electron chi connectivity index (χ0n) is 9.22. The Balaban J connectivity index is 2.45. The highest BCUT2D eigenvalue weighted by molar-refractivity contribution is 9.12. The summed E-state index contributed by atoms with van der Waals surface area (Å²) in [6.45, 7) is 0. The van der Waals surface area contributed by atoms with Gasteiger partial charge in [-0.15, -0.1) is 22.9 Å². The normalized spacial score (nSPS) is 12.5. The monoisotopic (exact) mass is 428 g/mol. The van der Waals surface area contributed by atoms with Crippen molar-refractivity contribution >= 4 is 66.4 Å². The van der Waals surface area contributed by atoms with Gasteiger partial charge in [0.15, 0.2) is 0 Å². The van der Waals surface area contributed by atoms with Crippen LogP contribution in [0.4, 0.5) is 0 Å². The van der Waals surface area contributed by atoms with Crippen molar-refractivity contribution in [2.45, 2.75) is 5.38 Å². The highest BCUT2D eigenvalue weighted by Gasteiger charge is 2.20. The van der Waals surface area contributed by atoms with Gasteiger partial charge in [0.2, 0.25) is 0 Å². The fourth-order valence-corrected chi connectivity index (χ4v) is 5.20. The first kappa shape index (κ1) is 14.7. The maximum absolute atomic E-state index is 6.52. The molecule has 6 heteroatoms. The van der Waals surface area contributed by atoms with E-state index in [0.29, 0.717) is 10.8 Å². The third kappa shape index (κ3) is 3.05. The number of methoxy groups -OCH3 is 1. The van der Waals surface area contributed by atoms with Crippen molar-refractivity contribution in [2.24, 2.45) is 0 Å². The second-order valence-electron chi connectivity index (χ2n) is 3.53. The molecule has 0 aliphatic carbocycles. The van der Waals surface area contributed by atoms with Crippen molar-refractivity contribution in [3.8, 4) is 5.75 Å². The van der Waals surface area contributed by atoms with Gasteiger partial charge in [0.25, 0.3) is 0 Å². The molecule has 1 atom stereocenters. The molecule has 1 aromatic heterocycles. The first-order valence-electron chi connectivity index (χ1n) is 4.95. The van der Waals surface area contributed by atoms with Crippen molar-refractivity contribution in [1.82, 2.24) is 0 Å². The second kappa shape index (κ2) is 6.14. The van der Waals surface area contributed by atoms with Crippen LogP contribution in [0.3, 0.4) is 0 Å². The molecule has 0 N–H and O–H groups in total. The van der Waals surface area contributed by atoms with Gasteiger partial charge in [-0.1, -0.05) is 17.7 Å². The standard InChI is InChI=1S/C12H8Br2Cl2OS/c1-17-9-4-6(15)2-3-7(9)11(16)8-5-10(13)18-12(8)14/h2-5,11H,1H3. The summed E-state index contributed by atoms with van der Waals surface area (Å²) in [5, 5.41) is 0.346. The number of ether oxygens (including phenoxy) is 1. The van der Waals surface area contributed by atoms with E-state index >= 15 is 0 Å². The van der Waals surface area contributed by atoms with Crippen LogP contribution in [-0.2, 0) is 0 Å². The molecule has 0 bridgehead atoms. The molecular weight excluding hydrogens is 423 g/mol. The van der Waals surface area contributed by atoms with Crippen LogP contribution in [-0.4, -0.2) is 7.11 Å². The number of thiophene rings is 1. The van der Waals surface area contributed by atoms with E-state index in [1.165, 1.54) is 0 Å². The van der Waals surface area contributed by atoms with E-state index in [4.69, 9.17) is 27.9 Å². The van der Waals surface area contributed by atoms with E-state index in [2.05, 4.69) is 31.9 Å². The molecule has 18 heavy (non-hydrogen) atoms. The summed E-state index contributed by atoms with van der Waals surface area (Å²) < 4.78 is 7.36. The molecule has 0 radical (unpaired) electrons. The van der Waals surface area contributed by atoms with Crippen molar-refractivity contribution < 1.29 is 4.74 Å². The molecule has 0 aliphatic rings. The predicted octanol–water partition coefficient (Wildman–Crippen LogP) is 6.26. The molecular formula is C12H8Br2Cl2OS. The number of alkyl halides is 1. The second-order valence-corrected chi connectivity index (χ2v) is 8.15. The average Bonchev–Trinajstić information content (AvgIpc) is 2.67. The molecule has 0 saturated heterocycles. The Morgan fingerprint density at radius 2 is 1.94 bits per heavy atom. The summed E-state index contributed by atoms with van der Waals surface area (Å²) in [5.74, 6) is 0.691. The lowest BCUT2D eigenvalue weighted by molar-refractivity contribution is 0.410. The van der Waals surface area contributed by atoms with Crippen LogP contribution in [0, 0.1) is 0 Å². The van der Waals surface area contributed by atoms with Crippen molar-refractivity contribution in [1.29, 1.82) is 0 Å². The fourth-order valence-electron chi connectivity index (χ4n) is 1.59. The molecule has 0 amide bonds. The first-order valence-corrected chi connectivity index (χ1v) is 8.17. The van der Waals surface area contributed by atoms with E-state index in [9.17, 15) is 0 Å². The maximum atomic E-state index is 6.52. The Morgan fingerprint density at radius 1 is 1.22 bits per heavy atom. The molecule has 1 nitrogen and oxygen atoms in total. The van der Waals surface area contributed by atoms with Gasteiger partial charge in [-0.05, 0) is 50.1 Å². The minimum Gasteiger partial charge on any atom is -0.496 e. The van der Waals surface area contributed by atoms with Gasteiger partial charge < -0.3 is 4.74 Å². The minimum atomic E-state index is -0.283. The van der Waals surface area contributed by atoms with Crippen molar-refractivity contribution in [2.75, 3.05) is 7.11 Å². The Morgan fingerprint density at radius 3 is 2.50 bits per heavy atom. The Hall–Kier alpha value is 0.260. The highest BCUT2D eigenvalue weighted by atomic mass is 79.9. The lowest BCUT2D eigenvalue weighted by Crippen LogP contribution is -1.96. The number of benzene rings is 1. The van der Waals surface area contributed by atoms with Crippen LogP contribution >= 0.6 is 66.4 Å². The van der Waals surface area contributed by atoms with Gasteiger partial charge in [0, 0.05) is 16.1 Å². The van der Waals surface area contributed by atoms with Gasteiger partial charge in [-0.25, -0.2) is 0 Å². The van der Waals surface area contributed by atoms with Crippen LogP contribution in [0.1, 0.15) is 16.5 Å². The van der Waals surface area contributed by atoms with Crippen molar-refractivity contribution in [3.05, 3.63) is 48.0 Å². The predicted molar refractivity (Wildman–Crippen MR) is 85.4 cm³/mol. The largest absolute Gasteiger partial charge is 0.496 e. The fraction of sp³-hybridized carbons (Fsp3) is 0.167. The number of rotatable bonds is 3. The Bertz CT molecular complexity index is 571. The smallest absolute Gasteiger partial charge is 0.125 e. The molecule has 1 aromatic carbocycles. The van der Waals surface area contributed by atoms with Gasteiger partial charge in [0.1, 0.15) is 5.75 Å². The van der Waals surface area contributed by atoms with Crippen LogP contribution in [0.25, 0.3) is 0 Å². The lowest BCUT2D eigenvalue weighted by Gasteiger charge is -2.14. The third-order valence-electron chi connectivity index (χ3n) is 2.42. The third-order valence-corrected chi connectivity index (χ3v) is 5.52. The molecule has 0 saturated carbocycles. The van der Waals surface area contributed by atoms with E-state index in [-0.39, 0.29) is 5.38 Å². The average molecular weight is 431 g/mol. The molecule has 0 aliphatic heterocycles. The summed E-state index contributed by atoms with van der Waals surface area (Å²) in [6.07, 6.45) is 0. The summed E-state index contributed by atoms with van der Waals surface area (Å²) in [7, 11) is 1.61. The Kier molecular flexibility index (Phi) is 5.00. The minimum absolute atomic E-state index is 0.283. The number of hydrogen-bond donors (Lipinski definition) is 0. The SMILES string of the molecule is COc1cc(Cl)ccc1C(Cl)c1cc(Br)sc1Br. The zero-order chi connectivity index (χ0) is 13.3. The van der Waals surface area contributed by atoms with E-state index in [0.717, 1.165) is 18.7 Å². The van der Waals surface area contributed by atoms with E-state index in [1.54, 1.807) is 24.5 Å².